The smallest absolute Gasteiger partial charge is 0.00933 e. The van der Waals surface area contributed by atoms with Crippen molar-refractivity contribution < 1.29 is 0 Å². The van der Waals surface area contributed by atoms with Crippen LogP contribution in [-0.4, -0.2) is 24.5 Å². The van der Waals surface area contributed by atoms with Crippen molar-refractivity contribution in [2.45, 2.75) is 90.0 Å². The van der Waals surface area contributed by atoms with Crippen LogP contribution in [0.4, 0.5) is 0 Å². The molecule has 0 aromatic rings. The van der Waals surface area contributed by atoms with Crippen LogP contribution in [0.5, 0.6) is 0 Å². The minimum absolute atomic E-state index is 0.952. The van der Waals surface area contributed by atoms with Crippen molar-refractivity contribution in [3.63, 3.8) is 0 Å². The summed E-state index contributed by atoms with van der Waals surface area (Å²) in [6, 6.07) is 0.952. The zero-order valence-electron chi connectivity index (χ0n) is 12.2. The molecule has 17 heavy (non-hydrogen) atoms. The molecule has 1 aliphatic rings. The number of nitrogens with zero attached hydrogens (tertiary/aromatic N) is 1. The topological polar surface area (TPSA) is 3.24 Å². The Balaban J connectivity index is 1.69. The molecule has 0 spiro atoms. The normalized spacial score (nSPS) is 15.7. The predicted molar refractivity (Wildman–Crippen MR) is 77.5 cm³/mol. The van der Waals surface area contributed by atoms with E-state index in [9.17, 15) is 0 Å². The Labute approximate surface area is 109 Å². The van der Waals surface area contributed by atoms with Crippen molar-refractivity contribution in [2.24, 2.45) is 0 Å². The molecule has 1 rings (SSSR count). The van der Waals surface area contributed by atoms with Gasteiger partial charge in [-0.1, -0.05) is 64.7 Å². The zero-order valence-corrected chi connectivity index (χ0v) is 12.2. The van der Waals surface area contributed by atoms with Crippen molar-refractivity contribution in [3.05, 3.63) is 0 Å². The molecule has 0 aliphatic heterocycles. The Bertz CT molecular complexity index is 163. The van der Waals surface area contributed by atoms with Crippen LogP contribution in [0.3, 0.4) is 0 Å². The molecule has 0 aromatic carbocycles. The van der Waals surface area contributed by atoms with Crippen molar-refractivity contribution in [3.8, 4) is 0 Å². The Morgan fingerprint density at radius 3 is 1.71 bits per heavy atom. The summed E-state index contributed by atoms with van der Waals surface area (Å²) in [5.41, 5.74) is 0. The lowest BCUT2D eigenvalue weighted by Gasteiger charge is -2.14. The van der Waals surface area contributed by atoms with Gasteiger partial charge in [0.1, 0.15) is 0 Å². The minimum Gasteiger partial charge on any atom is -0.303 e. The van der Waals surface area contributed by atoms with Crippen LogP contribution in [0.25, 0.3) is 0 Å². The number of unbranched alkanes of at least 4 members (excludes halogenated alkanes) is 9. The fraction of sp³-hybridized carbons (Fsp3) is 1.00. The lowest BCUT2D eigenvalue weighted by atomic mass is 10.1. The van der Waals surface area contributed by atoms with Gasteiger partial charge in [-0.2, -0.15) is 0 Å². The van der Waals surface area contributed by atoms with Crippen LogP contribution in [-0.2, 0) is 0 Å². The minimum atomic E-state index is 0.952. The van der Waals surface area contributed by atoms with Crippen molar-refractivity contribution in [1.29, 1.82) is 0 Å². The first-order valence-electron chi connectivity index (χ1n) is 8.05. The van der Waals surface area contributed by atoms with E-state index < -0.39 is 0 Å². The maximum Gasteiger partial charge on any atom is 0.00933 e. The Morgan fingerprint density at radius 1 is 0.765 bits per heavy atom. The van der Waals surface area contributed by atoms with E-state index in [1.54, 1.807) is 0 Å². The fourth-order valence-corrected chi connectivity index (χ4v) is 2.55. The molecule has 1 nitrogen and oxygen atoms in total. The van der Waals surface area contributed by atoms with E-state index in [1.807, 2.05) is 0 Å². The van der Waals surface area contributed by atoms with Crippen LogP contribution < -0.4 is 0 Å². The summed E-state index contributed by atoms with van der Waals surface area (Å²) in [7, 11) is 2.30. The first kappa shape index (κ1) is 15.0. The second kappa shape index (κ2) is 9.94. The Kier molecular flexibility index (Phi) is 8.78. The standard InChI is InChI=1S/C16H33N/c1-3-4-5-6-7-8-9-10-11-12-15-17(2)16-13-14-16/h16H,3-15H2,1-2H3. The van der Waals surface area contributed by atoms with Gasteiger partial charge >= 0.3 is 0 Å². The molecule has 102 valence electrons. The van der Waals surface area contributed by atoms with Crippen LogP contribution >= 0.6 is 0 Å². The van der Waals surface area contributed by atoms with E-state index in [-0.39, 0.29) is 0 Å². The third kappa shape index (κ3) is 8.65. The molecule has 1 aliphatic carbocycles. The van der Waals surface area contributed by atoms with Gasteiger partial charge in [-0.15, -0.1) is 0 Å². The van der Waals surface area contributed by atoms with E-state index in [4.69, 9.17) is 0 Å². The molecule has 0 atom stereocenters. The molecule has 0 radical (unpaired) electrons. The molecule has 1 fully saturated rings. The largest absolute Gasteiger partial charge is 0.303 e. The van der Waals surface area contributed by atoms with Gasteiger partial charge in [-0.05, 0) is 32.9 Å². The molecule has 1 saturated carbocycles. The molecular weight excluding hydrogens is 206 g/mol. The van der Waals surface area contributed by atoms with E-state index in [1.165, 1.54) is 83.6 Å². The maximum atomic E-state index is 2.56. The number of rotatable bonds is 12. The molecule has 0 saturated heterocycles. The molecule has 0 unspecified atom stereocenters. The summed E-state index contributed by atoms with van der Waals surface area (Å²) in [6.07, 6.45) is 17.4. The Hall–Kier alpha value is -0.0400. The predicted octanol–water partition coefficient (Wildman–Crippen LogP) is 5.00. The molecule has 0 heterocycles. The van der Waals surface area contributed by atoms with Crippen molar-refractivity contribution in [1.82, 2.24) is 4.90 Å². The van der Waals surface area contributed by atoms with Gasteiger partial charge in [0, 0.05) is 6.04 Å². The van der Waals surface area contributed by atoms with Gasteiger partial charge in [0.25, 0.3) is 0 Å². The second-order valence-corrected chi connectivity index (χ2v) is 5.89. The third-order valence-corrected chi connectivity index (χ3v) is 4.03. The van der Waals surface area contributed by atoms with Gasteiger partial charge in [0.05, 0.1) is 0 Å². The Morgan fingerprint density at radius 2 is 1.24 bits per heavy atom. The van der Waals surface area contributed by atoms with Gasteiger partial charge in [-0.3, -0.25) is 0 Å². The van der Waals surface area contributed by atoms with Crippen molar-refractivity contribution in [2.75, 3.05) is 13.6 Å². The monoisotopic (exact) mass is 239 g/mol. The van der Waals surface area contributed by atoms with Crippen LogP contribution in [0.1, 0.15) is 84.0 Å². The van der Waals surface area contributed by atoms with Crippen molar-refractivity contribution >= 4 is 0 Å². The van der Waals surface area contributed by atoms with Crippen LogP contribution in [0.15, 0.2) is 0 Å². The second-order valence-electron chi connectivity index (χ2n) is 5.89. The highest BCUT2D eigenvalue weighted by atomic mass is 15.1. The van der Waals surface area contributed by atoms with E-state index in [0.717, 1.165) is 6.04 Å². The highest BCUT2D eigenvalue weighted by Crippen LogP contribution is 2.25. The van der Waals surface area contributed by atoms with Crippen LogP contribution in [0, 0.1) is 0 Å². The number of hydrogen-bond acceptors (Lipinski definition) is 1. The average molecular weight is 239 g/mol. The van der Waals surface area contributed by atoms with Gasteiger partial charge in [0.2, 0.25) is 0 Å². The summed E-state index contributed by atoms with van der Waals surface area (Å²) in [5, 5.41) is 0. The zero-order chi connectivity index (χ0) is 12.3. The molecule has 0 amide bonds. The quantitative estimate of drug-likeness (QED) is 0.433. The first-order valence-corrected chi connectivity index (χ1v) is 8.05. The van der Waals surface area contributed by atoms with Gasteiger partial charge < -0.3 is 4.90 Å². The van der Waals surface area contributed by atoms with Crippen LogP contribution in [0.2, 0.25) is 0 Å². The lowest BCUT2D eigenvalue weighted by Crippen LogP contribution is -2.21. The summed E-state index contributed by atoms with van der Waals surface area (Å²) in [4.78, 5) is 2.56. The molecular formula is C16H33N. The molecule has 0 aromatic heterocycles. The first-order chi connectivity index (χ1) is 8.34. The van der Waals surface area contributed by atoms with Gasteiger partial charge in [0.15, 0.2) is 0 Å². The maximum absolute atomic E-state index is 2.56. The highest BCUT2D eigenvalue weighted by molar-refractivity contribution is 4.81. The van der Waals surface area contributed by atoms with E-state index in [0.29, 0.717) is 0 Å². The molecule has 0 bridgehead atoms. The highest BCUT2D eigenvalue weighted by Gasteiger charge is 2.25. The molecule has 0 N–H and O–H groups in total. The van der Waals surface area contributed by atoms with E-state index >= 15 is 0 Å². The fourth-order valence-electron chi connectivity index (χ4n) is 2.55. The lowest BCUT2D eigenvalue weighted by molar-refractivity contribution is 0.314. The summed E-state index contributed by atoms with van der Waals surface area (Å²) in [5.74, 6) is 0. The summed E-state index contributed by atoms with van der Waals surface area (Å²) >= 11 is 0. The number of hydrogen-bond donors (Lipinski definition) is 0. The van der Waals surface area contributed by atoms with Gasteiger partial charge in [-0.25, -0.2) is 0 Å². The average Bonchev–Trinajstić information content (AvgIpc) is 3.15. The molecule has 1 heteroatoms. The summed E-state index contributed by atoms with van der Waals surface area (Å²) < 4.78 is 0. The summed E-state index contributed by atoms with van der Waals surface area (Å²) in [6.45, 7) is 3.62. The van der Waals surface area contributed by atoms with E-state index in [2.05, 4.69) is 18.9 Å². The SMILES string of the molecule is CCCCCCCCCCCCN(C)C1CC1. The third-order valence-electron chi connectivity index (χ3n) is 4.03.